The number of nitrogens with one attached hydrogen (secondary N) is 1. The van der Waals surface area contributed by atoms with Crippen molar-refractivity contribution in [1.82, 2.24) is 14.9 Å². The molecule has 40 heavy (non-hydrogen) atoms. The van der Waals surface area contributed by atoms with Gasteiger partial charge in [0.2, 0.25) is 5.91 Å². The standard InChI is InChI=1S/C32H34FN3O4/c1-4-9-32(10-6-11-32)31(39)35-23-8-7-18-16(3)22(33)13-24-26(18)27(23)20-14-36-25(28(20)34-24)12-19-17(5-2)30(38)40-15-21(19)29(36)37/h12-13,17,23H,4-11,14-15H2,1-3H3,(H,35,39). The molecule has 0 saturated heterocycles. The first kappa shape index (κ1) is 25.4. The van der Waals surface area contributed by atoms with Gasteiger partial charge in [-0.25, -0.2) is 9.37 Å². The van der Waals surface area contributed by atoms with Gasteiger partial charge in [-0.3, -0.25) is 14.4 Å². The third-order valence-electron chi connectivity index (χ3n) is 10.0. The normalized spacial score (nSPS) is 21.8. The Kier molecular flexibility index (Phi) is 5.71. The first-order valence-electron chi connectivity index (χ1n) is 14.7. The molecular formula is C32H34FN3O4. The molecule has 2 aromatic heterocycles. The molecule has 2 aliphatic carbocycles. The Labute approximate surface area is 232 Å². The molecule has 2 unspecified atom stereocenters. The topological polar surface area (TPSA) is 90.3 Å². The average Bonchev–Trinajstić information content (AvgIpc) is 3.28. The Morgan fingerprint density at radius 2 is 2.00 bits per heavy atom. The maximum Gasteiger partial charge on any atom is 0.313 e. The van der Waals surface area contributed by atoms with Gasteiger partial charge in [0.25, 0.3) is 5.56 Å². The number of hydrogen-bond donors (Lipinski definition) is 1. The quantitative estimate of drug-likeness (QED) is 0.336. The first-order chi connectivity index (χ1) is 19.3. The molecule has 208 valence electrons. The highest BCUT2D eigenvalue weighted by Gasteiger charge is 2.45. The van der Waals surface area contributed by atoms with Crippen LogP contribution in [-0.4, -0.2) is 21.4 Å². The molecule has 1 amide bonds. The molecule has 1 fully saturated rings. The van der Waals surface area contributed by atoms with E-state index in [0.29, 0.717) is 59.4 Å². The van der Waals surface area contributed by atoms with E-state index in [1.165, 1.54) is 6.07 Å². The predicted octanol–water partition coefficient (Wildman–Crippen LogP) is 5.50. The van der Waals surface area contributed by atoms with E-state index in [1.54, 1.807) is 11.5 Å². The number of aryl methyl sites for hydroxylation is 1. The third kappa shape index (κ3) is 3.40. The third-order valence-corrected chi connectivity index (χ3v) is 10.0. The molecule has 0 spiro atoms. The van der Waals surface area contributed by atoms with Gasteiger partial charge in [0.1, 0.15) is 12.4 Å². The number of pyridine rings is 2. The van der Waals surface area contributed by atoms with Crippen LogP contribution in [0.15, 0.2) is 16.9 Å². The van der Waals surface area contributed by atoms with E-state index in [4.69, 9.17) is 9.72 Å². The van der Waals surface area contributed by atoms with Gasteiger partial charge in [0, 0.05) is 22.4 Å². The van der Waals surface area contributed by atoms with Crippen molar-refractivity contribution in [2.45, 2.75) is 97.2 Å². The number of rotatable bonds is 5. The lowest BCUT2D eigenvalue weighted by Crippen LogP contribution is -2.47. The summed E-state index contributed by atoms with van der Waals surface area (Å²) in [4.78, 5) is 44.9. The molecule has 0 radical (unpaired) electrons. The van der Waals surface area contributed by atoms with E-state index in [9.17, 15) is 14.4 Å². The maximum absolute atomic E-state index is 15.1. The minimum absolute atomic E-state index is 0.0326. The van der Waals surface area contributed by atoms with E-state index < -0.39 is 5.92 Å². The first-order valence-corrected chi connectivity index (χ1v) is 14.7. The number of carbonyl (C=O) groups excluding carboxylic acids is 2. The van der Waals surface area contributed by atoms with Gasteiger partial charge in [-0.05, 0) is 73.8 Å². The Morgan fingerprint density at radius 1 is 1.20 bits per heavy atom. The molecule has 1 aromatic carbocycles. The summed E-state index contributed by atoms with van der Waals surface area (Å²) in [6, 6.07) is 3.15. The number of cyclic esters (lactones) is 1. The number of carbonyl (C=O) groups is 2. The van der Waals surface area contributed by atoms with E-state index in [0.717, 1.165) is 54.2 Å². The summed E-state index contributed by atoms with van der Waals surface area (Å²) in [6.45, 7) is 6.12. The van der Waals surface area contributed by atoms with Crippen LogP contribution in [0.25, 0.3) is 22.3 Å². The van der Waals surface area contributed by atoms with Gasteiger partial charge in [0.15, 0.2) is 0 Å². The van der Waals surface area contributed by atoms with Crippen LogP contribution in [0.5, 0.6) is 0 Å². The van der Waals surface area contributed by atoms with Crippen molar-refractivity contribution in [3.05, 3.63) is 61.7 Å². The summed E-state index contributed by atoms with van der Waals surface area (Å²) in [6.07, 6.45) is 6.58. The number of ether oxygens (including phenoxy) is 1. The minimum atomic E-state index is -0.499. The Hall–Kier alpha value is -3.55. The van der Waals surface area contributed by atoms with Gasteiger partial charge in [-0.1, -0.05) is 26.7 Å². The van der Waals surface area contributed by atoms with Crippen molar-refractivity contribution >= 4 is 22.8 Å². The molecular weight excluding hydrogens is 509 g/mol. The Bertz CT molecular complexity index is 1690. The lowest BCUT2D eigenvalue weighted by molar-refractivity contribution is -0.148. The van der Waals surface area contributed by atoms with E-state index in [1.807, 2.05) is 13.0 Å². The summed E-state index contributed by atoms with van der Waals surface area (Å²) in [7, 11) is 0. The van der Waals surface area contributed by atoms with E-state index >= 15 is 4.39 Å². The van der Waals surface area contributed by atoms with Crippen molar-refractivity contribution in [1.29, 1.82) is 0 Å². The molecule has 7 nitrogen and oxygen atoms in total. The van der Waals surface area contributed by atoms with Crippen LogP contribution in [0.1, 0.15) is 104 Å². The van der Waals surface area contributed by atoms with Crippen LogP contribution in [0.4, 0.5) is 4.39 Å². The number of nitrogens with zero attached hydrogens (tertiary/aromatic N) is 2. The average molecular weight is 544 g/mol. The molecule has 2 atom stereocenters. The molecule has 1 saturated carbocycles. The number of benzene rings is 1. The minimum Gasteiger partial charge on any atom is -0.460 e. The van der Waals surface area contributed by atoms with E-state index in [-0.39, 0.29) is 41.3 Å². The number of hydrogen-bond acceptors (Lipinski definition) is 5. The molecule has 1 N–H and O–H groups in total. The smallest absolute Gasteiger partial charge is 0.313 e. The van der Waals surface area contributed by atoms with Crippen LogP contribution in [0.3, 0.4) is 0 Å². The van der Waals surface area contributed by atoms with Crippen molar-refractivity contribution in [3.63, 3.8) is 0 Å². The number of aromatic nitrogens is 2. The lowest BCUT2D eigenvalue weighted by atomic mass is 9.65. The van der Waals surface area contributed by atoms with Crippen molar-refractivity contribution in [3.8, 4) is 11.4 Å². The van der Waals surface area contributed by atoms with Crippen LogP contribution < -0.4 is 10.9 Å². The summed E-state index contributed by atoms with van der Waals surface area (Å²) >= 11 is 0. The summed E-state index contributed by atoms with van der Waals surface area (Å²) in [5.41, 5.74) is 5.98. The molecule has 8 heteroatoms. The second-order valence-electron chi connectivity index (χ2n) is 12.1. The fraction of sp³-hybridized carbons (Fsp3) is 0.500. The summed E-state index contributed by atoms with van der Waals surface area (Å²) < 4.78 is 22.2. The second-order valence-corrected chi connectivity index (χ2v) is 12.1. The lowest BCUT2D eigenvalue weighted by Gasteiger charge is -2.42. The highest BCUT2D eigenvalue weighted by molar-refractivity contribution is 5.94. The zero-order valence-corrected chi connectivity index (χ0v) is 23.3. The Morgan fingerprint density at radius 3 is 2.70 bits per heavy atom. The molecule has 3 aromatic rings. The van der Waals surface area contributed by atoms with Crippen LogP contribution >= 0.6 is 0 Å². The molecule has 0 bridgehead atoms. The Balaban J connectivity index is 1.43. The number of amides is 1. The molecule has 4 heterocycles. The zero-order chi connectivity index (χ0) is 27.9. The van der Waals surface area contributed by atoms with Gasteiger partial charge in [-0.15, -0.1) is 0 Å². The zero-order valence-electron chi connectivity index (χ0n) is 23.3. The largest absolute Gasteiger partial charge is 0.460 e. The van der Waals surface area contributed by atoms with Gasteiger partial charge in [-0.2, -0.15) is 0 Å². The number of fused-ring (bicyclic) bond motifs is 5. The molecule has 4 aliphatic rings. The summed E-state index contributed by atoms with van der Waals surface area (Å²) in [5, 5.41) is 4.32. The highest BCUT2D eigenvalue weighted by Crippen LogP contribution is 2.48. The van der Waals surface area contributed by atoms with Gasteiger partial charge >= 0.3 is 5.97 Å². The van der Waals surface area contributed by atoms with E-state index in [2.05, 4.69) is 12.2 Å². The monoisotopic (exact) mass is 543 g/mol. The predicted molar refractivity (Wildman–Crippen MR) is 148 cm³/mol. The molecule has 7 rings (SSSR count). The molecule has 2 aliphatic heterocycles. The van der Waals surface area contributed by atoms with Gasteiger partial charge in [0.05, 0.1) is 41.0 Å². The second kappa shape index (κ2) is 8.98. The van der Waals surface area contributed by atoms with Crippen molar-refractivity contribution in [2.24, 2.45) is 5.41 Å². The van der Waals surface area contributed by atoms with Crippen LogP contribution in [0.2, 0.25) is 0 Å². The fourth-order valence-electron chi connectivity index (χ4n) is 7.70. The number of esters is 1. The van der Waals surface area contributed by atoms with Crippen molar-refractivity contribution in [2.75, 3.05) is 0 Å². The van der Waals surface area contributed by atoms with Crippen molar-refractivity contribution < 1.29 is 18.7 Å². The summed E-state index contributed by atoms with van der Waals surface area (Å²) in [5.74, 6) is -1.01. The highest BCUT2D eigenvalue weighted by atomic mass is 19.1. The maximum atomic E-state index is 15.1. The van der Waals surface area contributed by atoms with Crippen LogP contribution in [0, 0.1) is 18.2 Å². The van der Waals surface area contributed by atoms with Gasteiger partial charge < -0.3 is 14.6 Å². The van der Waals surface area contributed by atoms with Crippen LogP contribution in [-0.2, 0) is 33.9 Å². The number of halogens is 1. The SMILES string of the molecule is CCCC1(C(=O)NC2CCc3c(C)c(F)cc4nc5c(c2c34)Cn2c-5cc3c(c2=O)COC(=O)C3CC)CCC1. The fourth-order valence-corrected chi connectivity index (χ4v) is 7.70.